The van der Waals surface area contributed by atoms with Gasteiger partial charge in [0.1, 0.15) is 17.8 Å². The van der Waals surface area contributed by atoms with E-state index in [4.69, 9.17) is 4.42 Å². The zero-order valence-corrected chi connectivity index (χ0v) is 20.6. The number of furan rings is 1. The molecule has 0 aliphatic heterocycles. The molecule has 1 N–H and O–H groups in total. The molecule has 8 heteroatoms. The van der Waals surface area contributed by atoms with Crippen LogP contribution in [0.4, 0.5) is 5.69 Å². The van der Waals surface area contributed by atoms with Crippen molar-refractivity contribution in [2.45, 2.75) is 46.7 Å². The highest BCUT2D eigenvalue weighted by molar-refractivity contribution is 6.01. The number of benzene rings is 2. The number of nitrogens with one attached hydrogen (secondary N) is 1. The SMILES string of the molecule is Cc1ccc(N(C(=O)Cn2nnc3ccccc32)[C@@H](C(=O)NCCC(C)C)c2ccco2)cc1C. The molecule has 2 heterocycles. The Balaban J connectivity index is 1.74. The number of amides is 2. The van der Waals surface area contributed by atoms with Gasteiger partial charge in [-0.05, 0) is 73.7 Å². The summed E-state index contributed by atoms with van der Waals surface area (Å²) in [5.41, 5.74) is 4.18. The van der Waals surface area contributed by atoms with E-state index >= 15 is 0 Å². The van der Waals surface area contributed by atoms with Gasteiger partial charge in [0.15, 0.2) is 6.04 Å². The number of para-hydroxylation sites is 1. The number of fused-ring (bicyclic) bond motifs is 1. The summed E-state index contributed by atoms with van der Waals surface area (Å²) in [7, 11) is 0. The van der Waals surface area contributed by atoms with Crippen molar-refractivity contribution < 1.29 is 14.0 Å². The van der Waals surface area contributed by atoms with Gasteiger partial charge >= 0.3 is 0 Å². The van der Waals surface area contributed by atoms with E-state index < -0.39 is 6.04 Å². The van der Waals surface area contributed by atoms with E-state index in [0.29, 0.717) is 29.4 Å². The minimum Gasteiger partial charge on any atom is -0.467 e. The number of nitrogens with zero attached hydrogens (tertiary/aromatic N) is 4. The molecule has 0 fully saturated rings. The Morgan fingerprint density at radius 1 is 1.06 bits per heavy atom. The fourth-order valence-corrected chi connectivity index (χ4v) is 3.95. The topological polar surface area (TPSA) is 93.3 Å². The lowest BCUT2D eigenvalue weighted by molar-refractivity contribution is -0.127. The van der Waals surface area contributed by atoms with Crippen LogP contribution in [0.15, 0.2) is 65.3 Å². The van der Waals surface area contributed by atoms with Gasteiger partial charge in [0.05, 0.1) is 11.8 Å². The van der Waals surface area contributed by atoms with Crippen LogP contribution in [0, 0.1) is 19.8 Å². The number of hydrogen-bond acceptors (Lipinski definition) is 5. The molecule has 2 aromatic carbocycles. The van der Waals surface area contributed by atoms with Crippen molar-refractivity contribution in [1.29, 1.82) is 0 Å². The molecule has 0 saturated heterocycles. The maximum atomic E-state index is 13.9. The summed E-state index contributed by atoms with van der Waals surface area (Å²) >= 11 is 0. The summed E-state index contributed by atoms with van der Waals surface area (Å²) in [6, 6.07) is 15.7. The second kappa shape index (κ2) is 10.5. The van der Waals surface area contributed by atoms with Crippen LogP contribution in [0.5, 0.6) is 0 Å². The highest BCUT2D eigenvalue weighted by Gasteiger charge is 2.35. The first kappa shape index (κ1) is 24.2. The maximum absolute atomic E-state index is 13.9. The fourth-order valence-electron chi connectivity index (χ4n) is 3.95. The zero-order valence-electron chi connectivity index (χ0n) is 20.6. The smallest absolute Gasteiger partial charge is 0.251 e. The number of aromatic nitrogens is 3. The van der Waals surface area contributed by atoms with Gasteiger partial charge < -0.3 is 9.73 Å². The maximum Gasteiger partial charge on any atom is 0.251 e. The third-order valence-electron chi connectivity index (χ3n) is 6.08. The van der Waals surface area contributed by atoms with Crippen molar-refractivity contribution in [2.75, 3.05) is 11.4 Å². The van der Waals surface area contributed by atoms with Gasteiger partial charge in [0.2, 0.25) is 5.91 Å². The quantitative estimate of drug-likeness (QED) is 0.384. The third kappa shape index (κ3) is 5.42. The largest absolute Gasteiger partial charge is 0.467 e. The van der Waals surface area contributed by atoms with Crippen molar-refractivity contribution in [1.82, 2.24) is 20.3 Å². The summed E-state index contributed by atoms with van der Waals surface area (Å²) in [5.74, 6) is 0.234. The molecule has 0 radical (unpaired) electrons. The molecule has 1 atom stereocenters. The molecule has 2 amide bonds. The Hall–Kier alpha value is -3.94. The Labute approximate surface area is 204 Å². The number of hydrogen-bond donors (Lipinski definition) is 1. The molecular weight excluding hydrogens is 442 g/mol. The van der Waals surface area contributed by atoms with Crippen molar-refractivity contribution in [3.8, 4) is 0 Å². The van der Waals surface area contributed by atoms with Gasteiger partial charge in [0.25, 0.3) is 5.91 Å². The first-order valence-corrected chi connectivity index (χ1v) is 11.8. The van der Waals surface area contributed by atoms with E-state index in [1.54, 1.807) is 16.8 Å². The Morgan fingerprint density at radius 3 is 2.57 bits per heavy atom. The summed E-state index contributed by atoms with van der Waals surface area (Å²) in [6.07, 6.45) is 2.34. The van der Waals surface area contributed by atoms with Gasteiger partial charge in [-0.3, -0.25) is 14.5 Å². The molecule has 2 aromatic heterocycles. The first-order valence-electron chi connectivity index (χ1n) is 11.8. The number of carbonyl (C=O) groups is 2. The zero-order chi connectivity index (χ0) is 24.9. The molecule has 0 bridgehead atoms. The van der Waals surface area contributed by atoms with E-state index in [2.05, 4.69) is 29.5 Å². The molecule has 4 aromatic rings. The average molecular weight is 474 g/mol. The van der Waals surface area contributed by atoms with Crippen LogP contribution in [-0.4, -0.2) is 33.4 Å². The highest BCUT2D eigenvalue weighted by atomic mass is 16.3. The molecule has 182 valence electrons. The second-order valence-electron chi connectivity index (χ2n) is 9.16. The van der Waals surface area contributed by atoms with Crippen molar-refractivity contribution in [3.05, 3.63) is 77.7 Å². The van der Waals surface area contributed by atoms with Gasteiger partial charge in [-0.15, -0.1) is 5.10 Å². The summed E-state index contributed by atoms with van der Waals surface area (Å²) in [6.45, 7) is 8.62. The summed E-state index contributed by atoms with van der Waals surface area (Å²) in [4.78, 5) is 28.9. The van der Waals surface area contributed by atoms with Gasteiger partial charge in [-0.2, -0.15) is 0 Å². The van der Waals surface area contributed by atoms with Gasteiger partial charge in [-0.1, -0.05) is 37.3 Å². The van der Waals surface area contributed by atoms with E-state index in [1.165, 1.54) is 11.2 Å². The number of carbonyl (C=O) groups excluding carboxylic acids is 2. The van der Waals surface area contributed by atoms with Crippen LogP contribution < -0.4 is 10.2 Å². The Kier molecular flexibility index (Phi) is 7.29. The standard InChI is InChI=1S/C27H31N5O3/c1-18(2)13-14-28-27(34)26(24-10-7-15-35-24)32(21-12-11-19(3)20(4)16-21)25(33)17-31-23-9-6-5-8-22(23)29-30-31/h5-12,15-16,18,26H,13-14,17H2,1-4H3,(H,28,34)/t26-/m1/s1. The van der Waals surface area contributed by atoms with Gasteiger partial charge in [-0.25, -0.2) is 4.68 Å². The van der Waals surface area contributed by atoms with E-state index in [-0.39, 0.29) is 18.4 Å². The second-order valence-corrected chi connectivity index (χ2v) is 9.16. The monoisotopic (exact) mass is 473 g/mol. The van der Waals surface area contributed by atoms with Crippen LogP contribution in [0.25, 0.3) is 11.0 Å². The molecule has 0 spiro atoms. The highest BCUT2D eigenvalue weighted by Crippen LogP contribution is 2.30. The summed E-state index contributed by atoms with van der Waals surface area (Å²) in [5, 5.41) is 11.3. The lowest BCUT2D eigenvalue weighted by Gasteiger charge is -2.30. The van der Waals surface area contributed by atoms with Crippen LogP contribution >= 0.6 is 0 Å². The molecule has 4 rings (SSSR count). The molecule has 8 nitrogen and oxygen atoms in total. The molecule has 0 aliphatic carbocycles. The van der Waals surface area contributed by atoms with Crippen molar-refractivity contribution in [3.63, 3.8) is 0 Å². The van der Waals surface area contributed by atoms with Crippen molar-refractivity contribution >= 4 is 28.5 Å². The molecule has 0 aliphatic rings. The van der Waals surface area contributed by atoms with Crippen LogP contribution in [-0.2, 0) is 16.1 Å². The number of anilines is 1. The minimum absolute atomic E-state index is 0.0794. The van der Waals surface area contributed by atoms with Crippen LogP contribution in [0.3, 0.4) is 0 Å². The lowest BCUT2D eigenvalue weighted by Crippen LogP contribution is -2.45. The van der Waals surface area contributed by atoms with E-state index in [1.807, 2.05) is 56.3 Å². The van der Waals surface area contributed by atoms with Crippen molar-refractivity contribution in [2.24, 2.45) is 5.92 Å². The fraction of sp³-hybridized carbons (Fsp3) is 0.333. The molecule has 0 unspecified atom stereocenters. The van der Waals surface area contributed by atoms with Crippen LogP contribution in [0.1, 0.15) is 43.2 Å². The molecular formula is C27H31N5O3. The van der Waals surface area contributed by atoms with E-state index in [0.717, 1.165) is 23.1 Å². The Morgan fingerprint density at radius 2 is 1.86 bits per heavy atom. The Bertz CT molecular complexity index is 1310. The number of rotatable bonds is 9. The first-order chi connectivity index (χ1) is 16.8. The predicted molar refractivity (Wildman–Crippen MR) is 135 cm³/mol. The third-order valence-corrected chi connectivity index (χ3v) is 6.08. The van der Waals surface area contributed by atoms with E-state index in [9.17, 15) is 9.59 Å². The van der Waals surface area contributed by atoms with Crippen LogP contribution in [0.2, 0.25) is 0 Å². The normalized spacial score (nSPS) is 12.1. The predicted octanol–water partition coefficient (Wildman–Crippen LogP) is 4.58. The lowest BCUT2D eigenvalue weighted by atomic mass is 10.1. The van der Waals surface area contributed by atoms with Gasteiger partial charge in [0, 0.05) is 12.2 Å². The number of aryl methyl sites for hydroxylation is 2. The minimum atomic E-state index is -0.971. The average Bonchev–Trinajstić information content (AvgIpc) is 3.49. The molecule has 0 saturated carbocycles. The summed E-state index contributed by atoms with van der Waals surface area (Å²) < 4.78 is 7.22. The molecule has 35 heavy (non-hydrogen) atoms.